The molecule has 8 nitrogen and oxygen atoms in total. The van der Waals surface area contributed by atoms with Crippen LogP contribution in [0.2, 0.25) is 0 Å². The van der Waals surface area contributed by atoms with Crippen molar-refractivity contribution in [2.75, 3.05) is 25.0 Å². The average Bonchev–Trinajstić information content (AvgIpc) is 2.58. The molecule has 0 atom stereocenters. The van der Waals surface area contributed by atoms with Crippen molar-refractivity contribution in [2.24, 2.45) is 0 Å². The number of nitrogens with one attached hydrogen (secondary N) is 3. The second-order valence-electron chi connectivity index (χ2n) is 6.77. The van der Waals surface area contributed by atoms with Crippen molar-refractivity contribution in [3.63, 3.8) is 0 Å². The van der Waals surface area contributed by atoms with Crippen LogP contribution < -0.4 is 16.0 Å². The van der Waals surface area contributed by atoms with Crippen LogP contribution in [0, 0.1) is 6.92 Å². The fourth-order valence-electron chi connectivity index (χ4n) is 3.18. The number of amides is 3. The standard InChI is InChI=1S/C19H28N4O4/c1-4-20-18(26)13-7-6-12(3)16(8-13)22-19(27)21-14-9-15(10-14)23(5-2)11-17(24)25/h6-8,14-15H,4-5,9-11H2,1-3H3,(H,20,26)(H,24,25)(H2,21,22,27). The van der Waals surface area contributed by atoms with E-state index in [1.54, 1.807) is 18.2 Å². The number of carboxylic acids is 1. The molecular formula is C19H28N4O4. The number of urea groups is 1. The molecule has 1 saturated carbocycles. The molecule has 1 aliphatic carbocycles. The topological polar surface area (TPSA) is 111 Å². The molecule has 4 N–H and O–H groups in total. The molecule has 1 aliphatic rings. The number of likely N-dealkylation sites (N-methyl/N-ethyl adjacent to an activating group) is 1. The van der Waals surface area contributed by atoms with E-state index >= 15 is 0 Å². The molecule has 1 fully saturated rings. The van der Waals surface area contributed by atoms with Gasteiger partial charge in [0, 0.05) is 29.9 Å². The quantitative estimate of drug-likeness (QED) is 0.553. The average molecular weight is 376 g/mol. The number of nitrogens with zero attached hydrogens (tertiary/aromatic N) is 1. The Bertz CT molecular complexity index is 701. The minimum absolute atomic E-state index is 0.0183. The molecule has 2 rings (SSSR count). The maximum atomic E-state index is 12.3. The third-order valence-electron chi connectivity index (χ3n) is 4.79. The molecule has 3 amide bonds. The fraction of sp³-hybridized carbons (Fsp3) is 0.526. The van der Waals surface area contributed by atoms with Crippen molar-refractivity contribution >= 4 is 23.6 Å². The summed E-state index contributed by atoms with van der Waals surface area (Å²) in [4.78, 5) is 37.0. The lowest BCUT2D eigenvalue weighted by atomic mass is 9.85. The molecular weight excluding hydrogens is 348 g/mol. The zero-order valence-corrected chi connectivity index (χ0v) is 16.0. The molecule has 0 bridgehead atoms. The highest BCUT2D eigenvalue weighted by Crippen LogP contribution is 2.26. The Kier molecular flexibility index (Phi) is 7.18. The van der Waals surface area contributed by atoms with Gasteiger partial charge in [-0.05, 0) is 50.9 Å². The first-order valence-electron chi connectivity index (χ1n) is 9.26. The third-order valence-corrected chi connectivity index (χ3v) is 4.79. The van der Waals surface area contributed by atoms with Crippen LogP contribution in [0.4, 0.5) is 10.5 Å². The molecule has 1 aromatic carbocycles. The lowest BCUT2D eigenvalue weighted by Crippen LogP contribution is -2.55. The molecule has 8 heteroatoms. The van der Waals surface area contributed by atoms with Gasteiger partial charge in [0.1, 0.15) is 0 Å². The molecule has 148 valence electrons. The second-order valence-corrected chi connectivity index (χ2v) is 6.77. The van der Waals surface area contributed by atoms with Gasteiger partial charge in [-0.3, -0.25) is 14.5 Å². The number of aryl methyl sites for hydroxylation is 1. The number of hydrogen-bond acceptors (Lipinski definition) is 4. The van der Waals surface area contributed by atoms with Crippen LogP contribution in [0.1, 0.15) is 42.6 Å². The summed E-state index contributed by atoms with van der Waals surface area (Å²) >= 11 is 0. The maximum absolute atomic E-state index is 12.3. The van der Waals surface area contributed by atoms with E-state index in [-0.39, 0.29) is 30.6 Å². The summed E-state index contributed by atoms with van der Waals surface area (Å²) in [5.74, 6) is -1.02. The van der Waals surface area contributed by atoms with Gasteiger partial charge in [-0.15, -0.1) is 0 Å². The Morgan fingerprint density at radius 3 is 2.52 bits per heavy atom. The second kappa shape index (κ2) is 9.36. The molecule has 0 unspecified atom stereocenters. The van der Waals surface area contributed by atoms with Crippen molar-refractivity contribution in [3.8, 4) is 0 Å². The van der Waals surface area contributed by atoms with Gasteiger partial charge in [-0.1, -0.05) is 13.0 Å². The van der Waals surface area contributed by atoms with E-state index < -0.39 is 5.97 Å². The highest BCUT2D eigenvalue weighted by Gasteiger charge is 2.34. The van der Waals surface area contributed by atoms with Gasteiger partial charge >= 0.3 is 12.0 Å². The maximum Gasteiger partial charge on any atom is 0.319 e. The SMILES string of the molecule is CCNC(=O)c1ccc(C)c(NC(=O)NC2CC(N(CC)CC(=O)O)C2)c1. The van der Waals surface area contributed by atoms with Crippen LogP contribution in [-0.4, -0.2) is 59.6 Å². The first-order chi connectivity index (χ1) is 12.8. The Hall–Kier alpha value is -2.61. The van der Waals surface area contributed by atoms with Gasteiger partial charge in [0.15, 0.2) is 0 Å². The van der Waals surface area contributed by atoms with Crippen LogP contribution in [0.3, 0.4) is 0 Å². The lowest BCUT2D eigenvalue weighted by Gasteiger charge is -2.42. The molecule has 0 radical (unpaired) electrons. The minimum atomic E-state index is -0.839. The Morgan fingerprint density at radius 1 is 1.22 bits per heavy atom. The molecule has 0 heterocycles. The highest BCUT2D eigenvalue weighted by atomic mass is 16.4. The summed E-state index contributed by atoms with van der Waals surface area (Å²) in [6, 6.07) is 5.06. The molecule has 27 heavy (non-hydrogen) atoms. The van der Waals surface area contributed by atoms with E-state index in [1.165, 1.54) is 0 Å². The van der Waals surface area contributed by atoms with Crippen molar-refractivity contribution in [1.82, 2.24) is 15.5 Å². The first-order valence-corrected chi connectivity index (χ1v) is 9.26. The van der Waals surface area contributed by atoms with E-state index in [0.29, 0.717) is 24.3 Å². The van der Waals surface area contributed by atoms with Gasteiger partial charge in [-0.25, -0.2) is 4.79 Å². The molecule has 0 spiro atoms. The van der Waals surface area contributed by atoms with Crippen molar-refractivity contribution < 1.29 is 19.5 Å². The monoisotopic (exact) mass is 376 g/mol. The number of benzene rings is 1. The number of carboxylic acid groups (broad SMARTS) is 1. The van der Waals surface area contributed by atoms with E-state index in [9.17, 15) is 14.4 Å². The Balaban J connectivity index is 1.87. The van der Waals surface area contributed by atoms with Crippen LogP contribution >= 0.6 is 0 Å². The number of carbonyl (C=O) groups excluding carboxylic acids is 2. The predicted molar refractivity (Wildman–Crippen MR) is 103 cm³/mol. The van der Waals surface area contributed by atoms with E-state index in [4.69, 9.17) is 5.11 Å². The van der Waals surface area contributed by atoms with Gasteiger partial charge < -0.3 is 21.1 Å². The number of carbonyl (C=O) groups is 3. The predicted octanol–water partition coefficient (Wildman–Crippen LogP) is 1.80. The van der Waals surface area contributed by atoms with Crippen LogP contribution in [0.5, 0.6) is 0 Å². The smallest absolute Gasteiger partial charge is 0.319 e. The third kappa shape index (κ3) is 5.68. The van der Waals surface area contributed by atoms with Crippen molar-refractivity contribution in [3.05, 3.63) is 29.3 Å². The molecule has 0 saturated heterocycles. The number of hydrogen-bond donors (Lipinski definition) is 4. The summed E-state index contributed by atoms with van der Waals surface area (Å²) in [6.07, 6.45) is 1.46. The fourth-order valence-corrected chi connectivity index (χ4v) is 3.18. The summed E-state index contributed by atoms with van der Waals surface area (Å²) in [5.41, 5.74) is 1.95. The Morgan fingerprint density at radius 2 is 1.93 bits per heavy atom. The first kappa shape index (κ1) is 20.7. The van der Waals surface area contributed by atoms with E-state index in [1.807, 2.05) is 25.7 Å². The Labute approximate surface area is 159 Å². The number of anilines is 1. The van der Waals surface area contributed by atoms with Crippen LogP contribution in [-0.2, 0) is 4.79 Å². The summed E-state index contributed by atoms with van der Waals surface area (Å²) in [7, 11) is 0. The van der Waals surface area contributed by atoms with Crippen LogP contribution in [0.25, 0.3) is 0 Å². The lowest BCUT2D eigenvalue weighted by molar-refractivity contribution is -0.139. The van der Waals surface area contributed by atoms with Crippen LogP contribution in [0.15, 0.2) is 18.2 Å². The zero-order chi connectivity index (χ0) is 20.0. The summed E-state index contributed by atoms with van der Waals surface area (Å²) in [6.45, 7) is 6.87. The van der Waals surface area contributed by atoms with Gasteiger partial charge in [0.25, 0.3) is 5.91 Å². The highest BCUT2D eigenvalue weighted by molar-refractivity contribution is 5.97. The van der Waals surface area contributed by atoms with Gasteiger partial charge in [0.2, 0.25) is 0 Å². The largest absolute Gasteiger partial charge is 0.480 e. The van der Waals surface area contributed by atoms with E-state index in [2.05, 4.69) is 16.0 Å². The van der Waals surface area contributed by atoms with Crippen molar-refractivity contribution in [2.45, 2.75) is 45.7 Å². The normalized spacial score (nSPS) is 18.5. The molecule has 0 aromatic heterocycles. The number of aliphatic carboxylic acids is 1. The van der Waals surface area contributed by atoms with Gasteiger partial charge in [0.05, 0.1) is 6.54 Å². The molecule has 1 aromatic rings. The molecule has 0 aliphatic heterocycles. The number of rotatable bonds is 8. The zero-order valence-electron chi connectivity index (χ0n) is 16.0. The van der Waals surface area contributed by atoms with Gasteiger partial charge in [-0.2, -0.15) is 0 Å². The summed E-state index contributed by atoms with van der Waals surface area (Å²) in [5, 5.41) is 17.4. The van der Waals surface area contributed by atoms with Crippen molar-refractivity contribution in [1.29, 1.82) is 0 Å². The minimum Gasteiger partial charge on any atom is -0.480 e. The summed E-state index contributed by atoms with van der Waals surface area (Å²) < 4.78 is 0. The van der Waals surface area contributed by atoms with E-state index in [0.717, 1.165) is 18.4 Å².